The van der Waals surface area contributed by atoms with E-state index in [9.17, 15) is 15.3 Å². The van der Waals surface area contributed by atoms with Gasteiger partial charge in [-0.05, 0) is 44.9 Å². The smallest absolute Gasteiger partial charge is 0.214 e. The Morgan fingerprint density at radius 1 is 1.14 bits per heavy atom. The van der Waals surface area contributed by atoms with Gasteiger partial charge in [-0.1, -0.05) is 0 Å². The molecule has 3 heterocycles. The molecule has 35 heavy (non-hydrogen) atoms. The number of furan rings is 1. The number of methoxy groups -OCH3 is 1. The van der Waals surface area contributed by atoms with Crippen molar-refractivity contribution in [3.63, 3.8) is 0 Å². The lowest BCUT2D eigenvalue weighted by molar-refractivity contribution is 0.00446. The Kier molecular flexibility index (Phi) is 7.75. The minimum Gasteiger partial charge on any atom is -0.478 e. The number of rotatable bonds is 10. The number of fused-ring (bicyclic) bond motifs is 1. The fourth-order valence-electron chi connectivity index (χ4n) is 4.61. The van der Waals surface area contributed by atoms with Gasteiger partial charge in [-0.15, -0.1) is 0 Å². The second-order valence-electron chi connectivity index (χ2n) is 8.89. The maximum absolute atomic E-state index is 10.6. The molecule has 3 aromatic heterocycles. The van der Waals surface area contributed by atoms with Crippen LogP contribution in [-0.4, -0.2) is 77.0 Å². The van der Waals surface area contributed by atoms with Gasteiger partial charge < -0.3 is 39.8 Å². The van der Waals surface area contributed by atoms with E-state index >= 15 is 0 Å². The molecule has 0 bridgehead atoms. The van der Waals surface area contributed by atoms with E-state index in [1.54, 1.807) is 7.11 Å². The summed E-state index contributed by atoms with van der Waals surface area (Å²) in [4.78, 5) is 9.23. The van der Waals surface area contributed by atoms with Gasteiger partial charge in [-0.2, -0.15) is 0 Å². The highest BCUT2D eigenvalue weighted by atomic mass is 16.5. The molecule has 1 saturated carbocycles. The van der Waals surface area contributed by atoms with Crippen molar-refractivity contribution in [1.82, 2.24) is 9.97 Å². The molecule has 0 spiro atoms. The third-order valence-corrected chi connectivity index (χ3v) is 6.37. The number of aliphatic hydroxyl groups is 3. The Morgan fingerprint density at radius 3 is 2.63 bits per heavy atom. The average molecular weight is 487 g/mol. The summed E-state index contributed by atoms with van der Waals surface area (Å²) in [6.07, 6.45) is -1.65. The molecule has 2 unspecified atom stereocenters. The summed E-state index contributed by atoms with van der Waals surface area (Å²) >= 11 is 0. The van der Waals surface area contributed by atoms with Gasteiger partial charge in [-0.3, -0.25) is 0 Å². The van der Waals surface area contributed by atoms with Gasteiger partial charge in [0.15, 0.2) is 5.58 Å². The number of nitrogens with one attached hydrogen (secondary N) is 2. The maximum atomic E-state index is 10.6. The first-order valence-corrected chi connectivity index (χ1v) is 11.9. The van der Waals surface area contributed by atoms with Crippen molar-refractivity contribution in [2.24, 2.45) is 5.92 Å². The van der Waals surface area contributed by atoms with E-state index in [2.05, 4.69) is 15.6 Å². The van der Waals surface area contributed by atoms with E-state index in [0.29, 0.717) is 55.0 Å². The van der Waals surface area contributed by atoms with E-state index < -0.39 is 24.2 Å². The highest BCUT2D eigenvalue weighted by Gasteiger charge is 2.41. The number of aliphatic hydroxyl groups excluding tert-OH is 3. The molecule has 10 heteroatoms. The lowest BCUT2D eigenvalue weighted by Crippen LogP contribution is -2.35. The average Bonchev–Trinajstić information content (AvgIpc) is 3.36. The molecule has 0 saturated heterocycles. The van der Waals surface area contributed by atoms with Crippen molar-refractivity contribution in [2.75, 3.05) is 44.1 Å². The Balaban J connectivity index is 1.76. The monoisotopic (exact) mass is 486 g/mol. The molecule has 1 aliphatic rings. The van der Waals surface area contributed by atoms with Crippen LogP contribution < -0.4 is 15.4 Å². The molecule has 4 rings (SSSR count). The topological polar surface area (TPSA) is 142 Å². The van der Waals surface area contributed by atoms with Crippen LogP contribution in [0.4, 0.5) is 11.6 Å². The molecule has 5 N–H and O–H groups in total. The van der Waals surface area contributed by atoms with Crippen LogP contribution in [0.15, 0.2) is 22.6 Å². The summed E-state index contributed by atoms with van der Waals surface area (Å²) in [5, 5.41) is 37.9. The lowest BCUT2D eigenvalue weighted by atomic mass is 10.1. The maximum Gasteiger partial charge on any atom is 0.214 e. The van der Waals surface area contributed by atoms with Crippen LogP contribution in [0.1, 0.15) is 24.6 Å². The SMILES string of the molecule is CCOc1cc2cc(-c3c(C)cc(NCCOC)nc3NC3CC(CO)[C@@H](O)[C@H]3O)oc2c(C)n1. The van der Waals surface area contributed by atoms with Crippen LogP contribution in [0, 0.1) is 19.8 Å². The van der Waals surface area contributed by atoms with Gasteiger partial charge in [0.2, 0.25) is 5.88 Å². The first-order chi connectivity index (χ1) is 16.9. The Hall–Kier alpha value is -2.92. The van der Waals surface area contributed by atoms with Crippen LogP contribution in [0.5, 0.6) is 5.88 Å². The van der Waals surface area contributed by atoms with E-state index in [1.165, 1.54) is 0 Å². The summed E-state index contributed by atoms with van der Waals surface area (Å²) in [7, 11) is 1.64. The van der Waals surface area contributed by atoms with Crippen LogP contribution in [-0.2, 0) is 4.74 Å². The van der Waals surface area contributed by atoms with E-state index in [-0.39, 0.29) is 6.61 Å². The zero-order valence-corrected chi connectivity index (χ0v) is 20.5. The molecule has 0 amide bonds. The zero-order chi connectivity index (χ0) is 25.1. The molecule has 4 atom stereocenters. The fourth-order valence-corrected chi connectivity index (χ4v) is 4.61. The molecule has 1 fully saturated rings. The number of aromatic nitrogens is 2. The third-order valence-electron chi connectivity index (χ3n) is 6.37. The molecule has 1 aliphatic carbocycles. The first-order valence-electron chi connectivity index (χ1n) is 11.9. The lowest BCUT2D eigenvalue weighted by Gasteiger charge is -2.21. The van der Waals surface area contributed by atoms with Crippen LogP contribution >= 0.6 is 0 Å². The van der Waals surface area contributed by atoms with Crippen molar-refractivity contribution in [2.45, 2.75) is 45.4 Å². The van der Waals surface area contributed by atoms with Crippen molar-refractivity contribution in [3.8, 4) is 17.2 Å². The summed E-state index contributed by atoms with van der Waals surface area (Å²) in [5.74, 6) is 1.88. The van der Waals surface area contributed by atoms with Crippen LogP contribution in [0.2, 0.25) is 0 Å². The summed E-state index contributed by atoms with van der Waals surface area (Å²) < 4.78 is 17.0. The Labute approximate surface area is 204 Å². The summed E-state index contributed by atoms with van der Waals surface area (Å²) in [6.45, 7) is 7.16. The standard InChI is InChI=1S/C25H34N4O6/c1-5-34-20-11-15-10-18(35-24(15)14(3)27-20)21-13(2)8-19(26-6-7-33-4)29-25(21)28-17-9-16(12-30)22(31)23(17)32/h8,10-11,16-17,22-23,30-32H,5-7,9,12H2,1-4H3,(H2,26,28,29)/t16?,17?,22-,23+/m1/s1. The van der Waals surface area contributed by atoms with Crippen molar-refractivity contribution < 1.29 is 29.2 Å². The van der Waals surface area contributed by atoms with Crippen LogP contribution in [0.25, 0.3) is 22.3 Å². The quantitative estimate of drug-likeness (QED) is 0.271. The van der Waals surface area contributed by atoms with Gasteiger partial charge in [-0.25, -0.2) is 9.97 Å². The van der Waals surface area contributed by atoms with Gasteiger partial charge in [0.05, 0.1) is 36.6 Å². The highest BCUT2D eigenvalue weighted by Crippen LogP contribution is 2.39. The molecule has 0 radical (unpaired) electrons. The minimum atomic E-state index is -1.04. The molecule has 0 aliphatic heterocycles. The number of hydrogen-bond acceptors (Lipinski definition) is 10. The van der Waals surface area contributed by atoms with E-state index in [1.807, 2.05) is 39.0 Å². The summed E-state index contributed by atoms with van der Waals surface area (Å²) in [6, 6.07) is 5.21. The highest BCUT2D eigenvalue weighted by molar-refractivity contribution is 5.88. The Morgan fingerprint density at radius 2 is 1.94 bits per heavy atom. The predicted molar refractivity (Wildman–Crippen MR) is 133 cm³/mol. The van der Waals surface area contributed by atoms with Crippen molar-refractivity contribution in [1.29, 1.82) is 0 Å². The molecule has 3 aromatic rings. The number of nitrogens with zero attached hydrogens (tertiary/aromatic N) is 2. The number of pyridine rings is 2. The second-order valence-corrected chi connectivity index (χ2v) is 8.89. The number of ether oxygens (including phenoxy) is 2. The minimum absolute atomic E-state index is 0.202. The molecule has 190 valence electrons. The van der Waals surface area contributed by atoms with Gasteiger partial charge in [0.1, 0.15) is 23.5 Å². The number of hydrogen-bond donors (Lipinski definition) is 5. The van der Waals surface area contributed by atoms with Gasteiger partial charge in [0, 0.05) is 37.6 Å². The van der Waals surface area contributed by atoms with Gasteiger partial charge in [0.25, 0.3) is 0 Å². The fraction of sp³-hybridized carbons (Fsp3) is 0.520. The largest absolute Gasteiger partial charge is 0.478 e. The van der Waals surface area contributed by atoms with E-state index in [4.69, 9.17) is 18.9 Å². The predicted octanol–water partition coefficient (Wildman–Crippen LogP) is 2.48. The molecule has 10 nitrogen and oxygen atoms in total. The second kappa shape index (κ2) is 10.8. The van der Waals surface area contributed by atoms with Crippen molar-refractivity contribution >= 4 is 22.6 Å². The summed E-state index contributed by atoms with van der Waals surface area (Å²) in [5.41, 5.74) is 3.02. The van der Waals surface area contributed by atoms with Crippen LogP contribution in [0.3, 0.4) is 0 Å². The molecular formula is C25H34N4O6. The first kappa shape index (κ1) is 25.2. The number of aryl methyl sites for hydroxylation is 2. The molecular weight excluding hydrogens is 452 g/mol. The van der Waals surface area contributed by atoms with E-state index in [0.717, 1.165) is 22.2 Å². The molecule has 0 aromatic carbocycles. The normalized spacial score (nSPS) is 22.0. The Bertz CT molecular complexity index is 1170. The zero-order valence-electron chi connectivity index (χ0n) is 20.5. The van der Waals surface area contributed by atoms with Crippen molar-refractivity contribution in [3.05, 3.63) is 29.5 Å². The van der Waals surface area contributed by atoms with Gasteiger partial charge >= 0.3 is 0 Å². The number of anilines is 2. The third kappa shape index (κ3) is 5.20.